The Morgan fingerprint density at radius 1 is 0.846 bits per heavy atom. The predicted molar refractivity (Wildman–Crippen MR) is 101 cm³/mol. The molecule has 0 aliphatic carbocycles. The maximum Gasteiger partial charge on any atom is 0.276 e. The number of carbonyl (C=O) groups is 1. The maximum atomic E-state index is 12.4. The highest BCUT2D eigenvalue weighted by Gasteiger charge is 2.10. The smallest absolute Gasteiger partial charge is 0.276 e. The van der Waals surface area contributed by atoms with Gasteiger partial charge >= 0.3 is 0 Å². The molecule has 0 bridgehead atoms. The zero-order chi connectivity index (χ0) is 17.8. The zero-order valence-electron chi connectivity index (χ0n) is 13.7. The highest BCUT2D eigenvalue weighted by atomic mass is 16.2. The third kappa shape index (κ3) is 3.45. The molecule has 0 fully saturated rings. The Hall–Kier alpha value is -3.91. The van der Waals surface area contributed by atoms with E-state index < -0.39 is 0 Å². The van der Waals surface area contributed by atoms with Crippen molar-refractivity contribution in [1.29, 1.82) is 0 Å². The number of anilines is 1. The van der Waals surface area contributed by atoms with Crippen LogP contribution in [0.3, 0.4) is 0 Å². The van der Waals surface area contributed by atoms with Gasteiger partial charge in [-0.25, -0.2) is 9.97 Å². The molecule has 0 aliphatic rings. The van der Waals surface area contributed by atoms with Crippen LogP contribution in [0.2, 0.25) is 0 Å². The minimum Gasteiger partial charge on any atom is -0.324 e. The average Bonchev–Trinajstić information content (AvgIpc) is 3.09. The van der Waals surface area contributed by atoms with Crippen LogP contribution in [-0.2, 0) is 0 Å². The van der Waals surface area contributed by atoms with Gasteiger partial charge in [-0.15, -0.1) is 0 Å². The minimum absolute atomic E-state index is 0.283. The van der Waals surface area contributed by atoms with Crippen molar-refractivity contribution in [2.24, 2.45) is 0 Å². The standard InChI is InChI=1S/C21H14N4O/c26-20(25-21-23-17-10-4-5-11-18(17)24-21)19-12-6-9-16(22-19)14-13-15-7-2-1-3-8-15/h1-12H,(H2,23,24,25,26). The number of fused-ring (bicyclic) bond motifs is 1. The van der Waals surface area contributed by atoms with Crippen LogP contribution in [0.5, 0.6) is 0 Å². The largest absolute Gasteiger partial charge is 0.324 e. The maximum absolute atomic E-state index is 12.4. The second-order valence-electron chi connectivity index (χ2n) is 5.58. The van der Waals surface area contributed by atoms with Crippen LogP contribution in [0, 0.1) is 11.8 Å². The lowest BCUT2D eigenvalue weighted by atomic mass is 10.2. The number of benzene rings is 2. The average molecular weight is 338 g/mol. The first-order chi connectivity index (χ1) is 12.8. The molecule has 0 saturated carbocycles. The zero-order valence-corrected chi connectivity index (χ0v) is 13.7. The highest BCUT2D eigenvalue weighted by molar-refractivity contribution is 6.02. The lowest BCUT2D eigenvalue weighted by molar-refractivity contribution is 0.102. The van der Waals surface area contributed by atoms with E-state index >= 15 is 0 Å². The highest BCUT2D eigenvalue weighted by Crippen LogP contribution is 2.14. The van der Waals surface area contributed by atoms with Gasteiger partial charge in [0.1, 0.15) is 11.4 Å². The number of hydrogen-bond acceptors (Lipinski definition) is 3. The van der Waals surface area contributed by atoms with E-state index in [0.717, 1.165) is 16.6 Å². The summed E-state index contributed by atoms with van der Waals surface area (Å²) in [7, 11) is 0. The first-order valence-corrected chi connectivity index (χ1v) is 8.08. The summed E-state index contributed by atoms with van der Waals surface area (Å²) in [6.45, 7) is 0. The van der Waals surface area contributed by atoms with Crippen LogP contribution in [0.4, 0.5) is 5.95 Å². The number of carbonyl (C=O) groups excluding carboxylic acids is 1. The third-order valence-electron chi connectivity index (χ3n) is 3.71. The molecule has 1 amide bonds. The van der Waals surface area contributed by atoms with Gasteiger partial charge < -0.3 is 4.98 Å². The van der Waals surface area contributed by atoms with Crippen LogP contribution in [-0.4, -0.2) is 20.9 Å². The molecule has 4 aromatic rings. The fourth-order valence-electron chi connectivity index (χ4n) is 2.47. The number of aromatic nitrogens is 3. The van der Waals surface area contributed by atoms with Gasteiger partial charge in [-0.1, -0.05) is 42.3 Å². The van der Waals surface area contributed by atoms with E-state index in [1.165, 1.54) is 0 Å². The first kappa shape index (κ1) is 15.6. The molecular weight excluding hydrogens is 324 g/mol. The SMILES string of the molecule is O=C(Nc1nc2ccccc2[nH]1)c1cccc(C#Cc2ccccc2)n1. The molecule has 2 aromatic heterocycles. The predicted octanol–water partition coefficient (Wildman–Crippen LogP) is 3.61. The van der Waals surface area contributed by atoms with Gasteiger partial charge in [-0.05, 0) is 42.3 Å². The Balaban J connectivity index is 1.54. The summed E-state index contributed by atoms with van der Waals surface area (Å²) in [5.74, 6) is 6.06. The normalized spacial score (nSPS) is 10.2. The number of nitrogens with one attached hydrogen (secondary N) is 2. The van der Waals surface area contributed by atoms with Gasteiger partial charge in [0.25, 0.3) is 5.91 Å². The number of imidazole rings is 1. The summed E-state index contributed by atoms with van der Waals surface area (Å²) in [6.07, 6.45) is 0. The molecule has 5 nitrogen and oxygen atoms in total. The number of hydrogen-bond donors (Lipinski definition) is 2. The number of rotatable bonds is 2. The summed E-state index contributed by atoms with van der Waals surface area (Å²) < 4.78 is 0. The molecule has 0 saturated heterocycles. The molecule has 2 heterocycles. The summed E-state index contributed by atoms with van der Waals surface area (Å²) in [5, 5.41) is 2.73. The summed E-state index contributed by atoms with van der Waals surface area (Å²) in [5.41, 5.74) is 3.36. The molecule has 124 valence electrons. The number of pyridine rings is 1. The van der Waals surface area contributed by atoms with Crippen molar-refractivity contribution in [1.82, 2.24) is 15.0 Å². The van der Waals surface area contributed by atoms with Crippen molar-refractivity contribution < 1.29 is 4.79 Å². The molecule has 2 N–H and O–H groups in total. The fourth-order valence-corrected chi connectivity index (χ4v) is 2.47. The summed E-state index contributed by atoms with van der Waals surface area (Å²) >= 11 is 0. The van der Waals surface area contributed by atoms with E-state index in [1.54, 1.807) is 18.2 Å². The van der Waals surface area contributed by atoms with Crippen molar-refractivity contribution >= 4 is 22.9 Å². The van der Waals surface area contributed by atoms with Crippen molar-refractivity contribution in [3.05, 3.63) is 89.7 Å². The topological polar surface area (TPSA) is 70.7 Å². The molecule has 26 heavy (non-hydrogen) atoms. The lowest BCUT2D eigenvalue weighted by Gasteiger charge is -2.01. The van der Waals surface area contributed by atoms with Crippen LogP contribution in [0.1, 0.15) is 21.7 Å². The number of amides is 1. The van der Waals surface area contributed by atoms with E-state index in [-0.39, 0.29) is 11.6 Å². The van der Waals surface area contributed by atoms with Crippen molar-refractivity contribution in [2.75, 3.05) is 5.32 Å². The van der Waals surface area contributed by atoms with Crippen molar-refractivity contribution in [2.45, 2.75) is 0 Å². The molecule has 5 heteroatoms. The Labute approximate surface area is 150 Å². The Kier molecular flexibility index (Phi) is 4.15. The summed E-state index contributed by atoms with van der Waals surface area (Å²) in [6, 6.07) is 22.4. The van der Waals surface area contributed by atoms with Gasteiger partial charge in [-0.2, -0.15) is 0 Å². The fraction of sp³-hybridized carbons (Fsp3) is 0. The third-order valence-corrected chi connectivity index (χ3v) is 3.71. The van der Waals surface area contributed by atoms with Gasteiger partial charge in [0.2, 0.25) is 5.95 Å². The Morgan fingerprint density at radius 3 is 2.50 bits per heavy atom. The van der Waals surface area contributed by atoms with E-state index in [4.69, 9.17) is 0 Å². The molecular formula is C21H14N4O. The van der Waals surface area contributed by atoms with Crippen molar-refractivity contribution in [3.8, 4) is 11.8 Å². The Bertz CT molecular complexity index is 1100. The molecule has 0 spiro atoms. The number of para-hydroxylation sites is 2. The van der Waals surface area contributed by atoms with E-state index in [2.05, 4.69) is 32.1 Å². The Morgan fingerprint density at radius 2 is 1.65 bits per heavy atom. The van der Waals surface area contributed by atoms with Crippen molar-refractivity contribution in [3.63, 3.8) is 0 Å². The monoisotopic (exact) mass is 338 g/mol. The van der Waals surface area contributed by atoms with Gasteiger partial charge in [0.05, 0.1) is 11.0 Å². The molecule has 4 rings (SSSR count). The second-order valence-corrected chi connectivity index (χ2v) is 5.58. The molecule has 2 aromatic carbocycles. The van der Waals surface area contributed by atoms with Gasteiger partial charge in [0.15, 0.2) is 0 Å². The quantitative estimate of drug-likeness (QED) is 0.549. The molecule has 0 radical (unpaired) electrons. The lowest BCUT2D eigenvalue weighted by Crippen LogP contribution is -2.15. The molecule has 0 unspecified atom stereocenters. The summed E-state index contributed by atoms with van der Waals surface area (Å²) in [4.78, 5) is 24.1. The molecule has 0 atom stereocenters. The van der Waals surface area contributed by atoms with Gasteiger partial charge in [0, 0.05) is 5.56 Å². The second kappa shape index (κ2) is 6.91. The van der Waals surface area contributed by atoms with Crippen LogP contribution in [0.15, 0.2) is 72.8 Å². The minimum atomic E-state index is -0.340. The van der Waals surface area contributed by atoms with Crippen LogP contribution in [0.25, 0.3) is 11.0 Å². The number of aromatic amines is 1. The first-order valence-electron chi connectivity index (χ1n) is 8.08. The number of H-pyrrole nitrogens is 1. The van der Waals surface area contributed by atoms with E-state index in [0.29, 0.717) is 11.6 Å². The van der Waals surface area contributed by atoms with E-state index in [1.807, 2.05) is 54.6 Å². The van der Waals surface area contributed by atoms with E-state index in [9.17, 15) is 4.79 Å². The van der Waals surface area contributed by atoms with Crippen LogP contribution < -0.4 is 5.32 Å². The van der Waals surface area contributed by atoms with Gasteiger partial charge in [-0.3, -0.25) is 10.1 Å². The number of nitrogens with zero attached hydrogens (tertiary/aromatic N) is 2. The molecule has 0 aliphatic heterocycles. The van der Waals surface area contributed by atoms with Crippen LogP contribution >= 0.6 is 0 Å².